The number of piperidine rings is 1. The van der Waals surface area contributed by atoms with Gasteiger partial charge in [-0.15, -0.1) is 10.2 Å². The molecule has 3 aliphatic rings. The molecule has 2 fully saturated rings. The first-order valence-electron chi connectivity index (χ1n) is 11.9. The second kappa shape index (κ2) is 8.20. The molecular weight excluding hydrogens is 466 g/mol. The van der Waals surface area contributed by atoms with Gasteiger partial charge in [-0.1, -0.05) is 11.2 Å². The number of hydrogen-bond acceptors (Lipinski definition) is 7. The van der Waals surface area contributed by atoms with Gasteiger partial charge in [-0.2, -0.15) is 18.2 Å². The molecule has 2 bridgehead atoms. The van der Waals surface area contributed by atoms with E-state index in [0.717, 1.165) is 38.4 Å². The molecule has 3 aromatic rings. The summed E-state index contributed by atoms with van der Waals surface area (Å²) in [5.41, 5.74) is -0.767. The van der Waals surface area contributed by atoms with Crippen molar-refractivity contribution in [3.8, 4) is 0 Å². The first-order valence-corrected chi connectivity index (χ1v) is 11.9. The van der Waals surface area contributed by atoms with E-state index in [2.05, 4.69) is 30.5 Å². The maximum atomic E-state index is 14.7. The lowest BCUT2D eigenvalue weighted by molar-refractivity contribution is -0.137. The molecule has 1 N–H and O–H groups in total. The number of benzene rings is 1. The van der Waals surface area contributed by atoms with Gasteiger partial charge in [0, 0.05) is 38.5 Å². The Hall–Kier alpha value is -3.18. The molecule has 4 atom stereocenters. The van der Waals surface area contributed by atoms with Gasteiger partial charge in [0.05, 0.1) is 5.56 Å². The number of alkyl halides is 3. The van der Waals surface area contributed by atoms with E-state index >= 15 is 0 Å². The van der Waals surface area contributed by atoms with Crippen molar-refractivity contribution in [1.82, 2.24) is 25.0 Å². The van der Waals surface area contributed by atoms with E-state index in [1.807, 2.05) is 0 Å². The Labute approximate surface area is 198 Å². The number of anilines is 2. The van der Waals surface area contributed by atoms with Crippen molar-refractivity contribution in [2.45, 2.75) is 57.3 Å². The molecule has 1 saturated heterocycles. The van der Waals surface area contributed by atoms with Crippen molar-refractivity contribution in [3.05, 3.63) is 46.9 Å². The maximum absolute atomic E-state index is 14.7. The van der Waals surface area contributed by atoms with Crippen molar-refractivity contribution in [2.24, 2.45) is 11.8 Å². The lowest BCUT2D eigenvalue weighted by Crippen LogP contribution is -2.48. The van der Waals surface area contributed by atoms with Crippen LogP contribution < -0.4 is 10.2 Å². The Morgan fingerprint density at radius 1 is 1.09 bits per heavy atom. The van der Waals surface area contributed by atoms with Gasteiger partial charge >= 0.3 is 12.2 Å². The average Bonchev–Trinajstić information content (AvgIpc) is 3.48. The zero-order chi connectivity index (χ0) is 24.3. The van der Waals surface area contributed by atoms with Gasteiger partial charge < -0.3 is 14.6 Å². The van der Waals surface area contributed by atoms with Crippen LogP contribution in [-0.4, -0.2) is 44.1 Å². The maximum Gasteiger partial charge on any atom is 0.416 e. The van der Waals surface area contributed by atoms with E-state index in [-0.39, 0.29) is 11.6 Å². The number of fused-ring (bicyclic) bond motifs is 3. The van der Waals surface area contributed by atoms with Crippen LogP contribution in [0.2, 0.25) is 0 Å². The largest absolute Gasteiger partial charge is 0.416 e. The van der Waals surface area contributed by atoms with Gasteiger partial charge in [0.25, 0.3) is 0 Å². The molecule has 0 radical (unpaired) electrons. The minimum Gasteiger partial charge on any atom is -0.408 e. The first kappa shape index (κ1) is 22.3. The zero-order valence-electron chi connectivity index (χ0n) is 19.1. The molecule has 35 heavy (non-hydrogen) atoms. The summed E-state index contributed by atoms with van der Waals surface area (Å²) >= 11 is 0. The Morgan fingerprint density at radius 3 is 2.51 bits per heavy atom. The van der Waals surface area contributed by atoms with E-state index in [0.29, 0.717) is 54.5 Å². The van der Waals surface area contributed by atoms with Crippen molar-refractivity contribution >= 4 is 12.0 Å². The molecule has 6 rings (SSSR count). The molecule has 1 aliphatic carbocycles. The number of nitrogens with one attached hydrogen (secondary N) is 1. The fourth-order valence-corrected chi connectivity index (χ4v) is 5.87. The van der Waals surface area contributed by atoms with Crippen LogP contribution in [0.5, 0.6) is 0 Å². The summed E-state index contributed by atoms with van der Waals surface area (Å²) in [6.45, 7) is 4.01. The van der Waals surface area contributed by atoms with Crippen molar-refractivity contribution < 1.29 is 22.0 Å². The molecule has 12 heteroatoms. The summed E-state index contributed by atoms with van der Waals surface area (Å²) in [6, 6.07) is 3.48. The third-order valence-electron chi connectivity index (χ3n) is 7.49. The molecule has 2 aromatic heterocycles. The van der Waals surface area contributed by atoms with Crippen LogP contribution >= 0.6 is 0 Å². The average molecular weight is 491 g/mol. The highest BCUT2D eigenvalue weighted by Gasteiger charge is 2.44. The highest BCUT2D eigenvalue weighted by molar-refractivity contribution is 5.37. The standard InChI is InChI=1S/C23H25F4N7O/c1-12-30-31-22(35-12)33-10-13-4-5-14(11-33)19(13)28-21-29-20-17(3-2-8-34(20)32-21)16-7-6-15(9-18(16)24)23(25,26)27/h6-7,9,13-14,17,19H,2-5,8,10-11H2,1H3,(H,28,32)/t13-,14+,17?,19?. The molecule has 2 aliphatic heterocycles. The molecular formula is C23H25F4N7O. The number of aromatic nitrogens is 5. The fourth-order valence-electron chi connectivity index (χ4n) is 5.87. The molecule has 2 unspecified atom stereocenters. The van der Waals surface area contributed by atoms with E-state index in [1.54, 1.807) is 11.6 Å². The van der Waals surface area contributed by atoms with E-state index < -0.39 is 23.5 Å². The molecule has 1 saturated carbocycles. The van der Waals surface area contributed by atoms with Gasteiger partial charge in [-0.3, -0.25) is 0 Å². The predicted molar refractivity (Wildman–Crippen MR) is 117 cm³/mol. The summed E-state index contributed by atoms with van der Waals surface area (Å²) in [6.07, 6.45) is -1.10. The smallest absolute Gasteiger partial charge is 0.408 e. The number of rotatable bonds is 4. The topological polar surface area (TPSA) is 84.9 Å². The molecule has 1 aromatic carbocycles. The zero-order valence-corrected chi connectivity index (χ0v) is 19.1. The highest BCUT2D eigenvalue weighted by atomic mass is 19.4. The third-order valence-corrected chi connectivity index (χ3v) is 7.49. The molecule has 8 nitrogen and oxygen atoms in total. The van der Waals surface area contributed by atoms with Crippen LogP contribution in [0.1, 0.15) is 54.4 Å². The van der Waals surface area contributed by atoms with Gasteiger partial charge in [-0.05, 0) is 55.2 Å². The third kappa shape index (κ3) is 4.02. The fraction of sp³-hybridized carbons (Fsp3) is 0.565. The van der Waals surface area contributed by atoms with Crippen LogP contribution in [0, 0.1) is 24.6 Å². The number of halogens is 4. The molecule has 0 amide bonds. The van der Waals surface area contributed by atoms with Crippen molar-refractivity contribution in [2.75, 3.05) is 23.3 Å². The minimum atomic E-state index is -4.58. The summed E-state index contributed by atoms with van der Waals surface area (Å²) in [4.78, 5) is 6.82. The molecule has 4 heterocycles. The minimum absolute atomic E-state index is 0.195. The van der Waals surface area contributed by atoms with Crippen LogP contribution in [0.25, 0.3) is 0 Å². The number of aryl methyl sites for hydroxylation is 2. The van der Waals surface area contributed by atoms with Crippen LogP contribution in [0.3, 0.4) is 0 Å². The van der Waals surface area contributed by atoms with E-state index in [1.165, 1.54) is 6.07 Å². The number of hydrogen-bond donors (Lipinski definition) is 1. The van der Waals surface area contributed by atoms with Gasteiger partial charge in [0.15, 0.2) is 0 Å². The monoisotopic (exact) mass is 491 g/mol. The molecule has 0 spiro atoms. The Kier molecular flexibility index (Phi) is 5.22. The summed E-state index contributed by atoms with van der Waals surface area (Å²) in [7, 11) is 0. The van der Waals surface area contributed by atoms with Crippen LogP contribution in [0.15, 0.2) is 22.6 Å². The first-order chi connectivity index (χ1) is 16.8. The summed E-state index contributed by atoms with van der Waals surface area (Å²) in [5, 5.41) is 16.2. The second-order valence-electron chi connectivity index (χ2n) is 9.72. The van der Waals surface area contributed by atoms with E-state index in [4.69, 9.17) is 4.42 Å². The molecule has 186 valence electrons. The summed E-state index contributed by atoms with van der Waals surface area (Å²) < 4.78 is 61.0. The van der Waals surface area contributed by atoms with E-state index in [9.17, 15) is 17.6 Å². The van der Waals surface area contributed by atoms with Gasteiger partial charge in [0.1, 0.15) is 11.6 Å². The summed E-state index contributed by atoms with van der Waals surface area (Å²) in [5.74, 6) is 1.05. The Balaban J connectivity index is 1.21. The SMILES string of the molecule is Cc1nnc(N2C[C@H]3CC[C@@H](C2)C3Nc2nc3n(n2)CCCC3c2ccc(C(F)(F)F)cc2F)o1. The van der Waals surface area contributed by atoms with Gasteiger partial charge in [0.2, 0.25) is 11.8 Å². The second-order valence-corrected chi connectivity index (χ2v) is 9.72. The van der Waals surface area contributed by atoms with Crippen molar-refractivity contribution in [3.63, 3.8) is 0 Å². The quantitative estimate of drug-likeness (QED) is 0.542. The Morgan fingerprint density at radius 2 is 1.86 bits per heavy atom. The predicted octanol–water partition coefficient (Wildman–Crippen LogP) is 4.38. The van der Waals surface area contributed by atoms with Gasteiger partial charge in [-0.25, -0.2) is 9.07 Å². The highest BCUT2D eigenvalue weighted by Crippen LogP contribution is 2.41. The lowest BCUT2D eigenvalue weighted by atomic mass is 9.90. The van der Waals surface area contributed by atoms with Crippen LogP contribution in [-0.2, 0) is 12.7 Å². The Bertz CT molecular complexity index is 1220. The van der Waals surface area contributed by atoms with Crippen molar-refractivity contribution in [1.29, 1.82) is 0 Å². The number of nitrogens with zero attached hydrogens (tertiary/aromatic N) is 6. The van der Waals surface area contributed by atoms with Crippen LogP contribution in [0.4, 0.5) is 29.5 Å². The normalized spacial score (nSPS) is 26.1. The lowest BCUT2D eigenvalue weighted by Gasteiger charge is -2.37.